The number of halogens is 1. The van der Waals surface area contributed by atoms with Crippen LogP contribution in [0.15, 0.2) is 60.2 Å². The third-order valence-corrected chi connectivity index (χ3v) is 4.03. The predicted octanol–water partition coefficient (Wildman–Crippen LogP) is 3.67. The normalized spacial score (nSPS) is 12.8. The highest BCUT2D eigenvalue weighted by molar-refractivity contribution is 6.30. The lowest BCUT2D eigenvalue weighted by atomic mass is 10.1. The van der Waals surface area contributed by atoms with Crippen LogP contribution in [0.5, 0.6) is 5.75 Å². The van der Waals surface area contributed by atoms with Gasteiger partial charge in [0.2, 0.25) is 5.91 Å². The molecule has 0 saturated heterocycles. The molecular formula is C20H17ClN2O3. The van der Waals surface area contributed by atoms with Gasteiger partial charge in [-0.25, -0.2) is 0 Å². The van der Waals surface area contributed by atoms with Gasteiger partial charge in [0.25, 0.3) is 5.91 Å². The third-order valence-electron chi connectivity index (χ3n) is 3.80. The summed E-state index contributed by atoms with van der Waals surface area (Å²) >= 11 is 5.99. The molecule has 0 aliphatic carbocycles. The highest BCUT2D eigenvalue weighted by Crippen LogP contribution is 2.29. The molecule has 2 amide bonds. The van der Waals surface area contributed by atoms with E-state index >= 15 is 0 Å². The summed E-state index contributed by atoms with van der Waals surface area (Å²) in [5, 5.41) is 5.92. The highest BCUT2D eigenvalue weighted by Gasteiger charge is 2.10. The molecule has 26 heavy (non-hydrogen) atoms. The van der Waals surface area contributed by atoms with Gasteiger partial charge in [0, 0.05) is 35.0 Å². The molecule has 0 fully saturated rings. The second kappa shape index (κ2) is 7.89. The summed E-state index contributed by atoms with van der Waals surface area (Å²) in [7, 11) is 1.57. The summed E-state index contributed by atoms with van der Waals surface area (Å²) in [6.45, 7) is 0.388. The zero-order valence-electron chi connectivity index (χ0n) is 14.1. The Labute approximate surface area is 156 Å². The van der Waals surface area contributed by atoms with E-state index in [2.05, 4.69) is 10.6 Å². The van der Waals surface area contributed by atoms with Gasteiger partial charge < -0.3 is 15.4 Å². The lowest BCUT2D eigenvalue weighted by molar-refractivity contribution is -0.111. The first-order valence-electron chi connectivity index (χ1n) is 7.99. The van der Waals surface area contributed by atoms with Crippen LogP contribution in [0.4, 0.5) is 5.69 Å². The van der Waals surface area contributed by atoms with E-state index < -0.39 is 0 Å². The van der Waals surface area contributed by atoms with Crippen molar-refractivity contribution >= 4 is 35.2 Å². The van der Waals surface area contributed by atoms with Crippen molar-refractivity contribution in [2.24, 2.45) is 0 Å². The maximum Gasteiger partial charge on any atom is 0.251 e. The molecule has 0 atom stereocenters. The Hall–Kier alpha value is -3.05. The van der Waals surface area contributed by atoms with Crippen molar-refractivity contribution < 1.29 is 14.3 Å². The minimum atomic E-state index is -0.268. The van der Waals surface area contributed by atoms with E-state index in [1.807, 2.05) is 18.2 Å². The van der Waals surface area contributed by atoms with E-state index in [0.29, 0.717) is 22.9 Å². The quantitative estimate of drug-likeness (QED) is 0.809. The Bertz CT molecular complexity index is 902. The molecule has 1 heterocycles. The molecule has 0 radical (unpaired) electrons. The number of carbonyl (C=O) groups excluding carboxylic acids is 2. The van der Waals surface area contributed by atoms with Crippen LogP contribution in [-0.4, -0.2) is 25.5 Å². The largest absolute Gasteiger partial charge is 0.488 e. The number of anilines is 1. The summed E-state index contributed by atoms with van der Waals surface area (Å²) in [6.07, 6.45) is 5.09. The lowest BCUT2D eigenvalue weighted by Gasteiger charge is -2.16. The van der Waals surface area contributed by atoms with E-state index in [4.69, 9.17) is 16.3 Å². The first-order chi connectivity index (χ1) is 12.5. The molecule has 2 N–H and O–H groups in total. The molecule has 3 rings (SSSR count). The van der Waals surface area contributed by atoms with E-state index in [0.717, 1.165) is 16.9 Å². The van der Waals surface area contributed by atoms with Gasteiger partial charge >= 0.3 is 0 Å². The van der Waals surface area contributed by atoms with Crippen molar-refractivity contribution in [1.82, 2.24) is 5.32 Å². The second-order valence-corrected chi connectivity index (χ2v) is 6.11. The minimum Gasteiger partial charge on any atom is -0.488 e. The SMILES string of the molecule is CNC(=O)c1ccc(NC(=O)C=CC2=Cc3cc(Cl)ccc3OC2)cc1. The number of carbonyl (C=O) groups is 2. The Balaban J connectivity index is 1.64. The number of hydrogen-bond donors (Lipinski definition) is 2. The monoisotopic (exact) mass is 368 g/mol. The van der Waals surface area contributed by atoms with Gasteiger partial charge in [0.05, 0.1) is 0 Å². The van der Waals surface area contributed by atoms with Gasteiger partial charge in [0.15, 0.2) is 0 Å². The molecule has 6 heteroatoms. The van der Waals surface area contributed by atoms with E-state index in [1.165, 1.54) is 6.08 Å². The smallest absolute Gasteiger partial charge is 0.251 e. The number of nitrogens with one attached hydrogen (secondary N) is 2. The van der Waals surface area contributed by atoms with Crippen molar-refractivity contribution in [3.63, 3.8) is 0 Å². The molecule has 0 bridgehead atoms. The molecule has 0 spiro atoms. The third kappa shape index (κ3) is 4.32. The summed E-state index contributed by atoms with van der Waals surface area (Å²) in [6, 6.07) is 12.1. The molecule has 0 unspecified atom stereocenters. The Kier molecular flexibility index (Phi) is 5.39. The van der Waals surface area contributed by atoms with Crippen LogP contribution in [0.2, 0.25) is 5.02 Å². The standard InChI is InChI=1S/C20H17ClN2O3/c1-22-20(25)14-3-6-17(7-4-14)23-19(24)9-2-13-10-15-11-16(21)5-8-18(15)26-12-13/h2-11H,12H2,1H3,(H,22,25)(H,23,24). The van der Waals surface area contributed by atoms with Crippen molar-refractivity contribution in [2.45, 2.75) is 0 Å². The fourth-order valence-electron chi connectivity index (χ4n) is 2.48. The molecule has 0 aromatic heterocycles. The zero-order valence-corrected chi connectivity index (χ0v) is 14.8. The first-order valence-corrected chi connectivity index (χ1v) is 8.37. The number of fused-ring (bicyclic) bond motifs is 1. The van der Waals surface area contributed by atoms with Crippen LogP contribution < -0.4 is 15.4 Å². The van der Waals surface area contributed by atoms with Crippen LogP contribution in [-0.2, 0) is 4.79 Å². The maximum absolute atomic E-state index is 12.1. The number of amides is 2. The van der Waals surface area contributed by atoms with E-state index in [-0.39, 0.29) is 11.8 Å². The van der Waals surface area contributed by atoms with Crippen LogP contribution in [0.3, 0.4) is 0 Å². The van der Waals surface area contributed by atoms with Crippen molar-refractivity contribution in [1.29, 1.82) is 0 Å². The summed E-state index contributed by atoms with van der Waals surface area (Å²) < 4.78 is 5.64. The molecule has 1 aliphatic heterocycles. The topological polar surface area (TPSA) is 67.4 Å². The van der Waals surface area contributed by atoms with Gasteiger partial charge in [-0.1, -0.05) is 17.7 Å². The van der Waals surface area contributed by atoms with E-state index in [9.17, 15) is 9.59 Å². The van der Waals surface area contributed by atoms with Gasteiger partial charge in [-0.15, -0.1) is 0 Å². The highest BCUT2D eigenvalue weighted by atomic mass is 35.5. The van der Waals surface area contributed by atoms with Gasteiger partial charge in [0.1, 0.15) is 12.4 Å². The lowest BCUT2D eigenvalue weighted by Crippen LogP contribution is -2.17. The number of hydrogen-bond acceptors (Lipinski definition) is 3. The number of benzene rings is 2. The average Bonchev–Trinajstić information content (AvgIpc) is 2.66. The van der Waals surface area contributed by atoms with Gasteiger partial charge in [-0.05, 0) is 54.1 Å². The predicted molar refractivity (Wildman–Crippen MR) is 103 cm³/mol. The minimum absolute atomic E-state index is 0.174. The molecule has 0 saturated carbocycles. The molecule has 132 valence electrons. The Morgan fingerprint density at radius 3 is 2.65 bits per heavy atom. The fourth-order valence-corrected chi connectivity index (χ4v) is 2.66. The number of ether oxygens (including phenoxy) is 1. The van der Waals surface area contributed by atoms with Gasteiger partial charge in [-0.2, -0.15) is 0 Å². The zero-order chi connectivity index (χ0) is 18.5. The van der Waals surface area contributed by atoms with E-state index in [1.54, 1.807) is 43.5 Å². The summed E-state index contributed by atoms with van der Waals surface area (Å²) in [5.41, 5.74) is 2.89. The van der Waals surface area contributed by atoms with Crippen LogP contribution in [0.1, 0.15) is 15.9 Å². The Morgan fingerprint density at radius 1 is 1.15 bits per heavy atom. The number of rotatable bonds is 4. The van der Waals surface area contributed by atoms with Crippen LogP contribution in [0, 0.1) is 0 Å². The molecule has 2 aromatic rings. The van der Waals surface area contributed by atoms with Crippen LogP contribution in [0.25, 0.3) is 6.08 Å². The summed E-state index contributed by atoms with van der Waals surface area (Å²) in [5.74, 6) is 0.329. The van der Waals surface area contributed by atoms with Crippen LogP contribution >= 0.6 is 11.6 Å². The average molecular weight is 369 g/mol. The van der Waals surface area contributed by atoms with Crippen molar-refractivity contribution in [2.75, 3.05) is 19.0 Å². The van der Waals surface area contributed by atoms with Gasteiger partial charge in [-0.3, -0.25) is 9.59 Å². The fraction of sp³-hybridized carbons (Fsp3) is 0.100. The summed E-state index contributed by atoms with van der Waals surface area (Å²) in [4.78, 5) is 23.6. The second-order valence-electron chi connectivity index (χ2n) is 5.67. The maximum atomic E-state index is 12.1. The van der Waals surface area contributed by atoms with Crippen molar-refractivity contribution in [3.8, 4) is 5.75 Å². The molecule has 5 nitrogen and oxygen atoms in total. The first kappa shape index (κ1) is 17.8. The molecule has 2 aromatic carbocycles. The molecular weight excluding hydrogens is 352 g/mol. The van der Waals surface area contributed by atoms with Crippen molar-refractivity contribution in [3.05, 3.63) is 76.3 Å². The molecule has 1 aliphatic rings. The Morgan fingerprint density at radius 2 is 1.92 bits per heavy atom.